The molecule has 0 aliphatic heterocycles. The van der Waals surface area contributed by atoms with Gasteiger partial charge in [0.2, 0.25) is 5.91 Å². The van der Waals surface area contributed by atoms with Gasteiger partial charge in [-0.3, -0.25) is 4.79 Å². The zero-order valence-corrected chi connectivity index (χ0v) is 16.3. The molecule has 0 saturated heterocycles. The van der Waals surface area contributed by atoms with Gasteiger partial charge in [0.25, 0.3) is 0 Å². The van der Waals surface area contributed by atoms with Gasteiger partial charge in [0.15, 0.2) is 0 Å². The van der Waals surface area contributed by atoms with E-state index >= 15 is 0 Å². The quantitative estimate of drug-likeness (QED) is 0.753. The van der Waals surface area contributed by atoms with E-state index in [0.717, 1.165) is 41.5 Å². The van der Waals surface area contributed by atoms with Crippen LogP contribution in [0.2, 0.25) is 0 Å². The summed E-state index contributed by atoms with van der Waals surface area (Å²) in [7, 11) is 0. The SMILES string of the molecule is CCCCC1CCC(C(=O)Nc2c(C)nn(-c3ccccc3)c2C)CC1. The van der Waals surface area contributed by atoms with Crippen LogP contribution in [0.1, 0.15) is 63.3 Å². The van der Waals surface area contributed by atoms with Crippen molar-refractivity contribution < 1.29 is 4.79 Å². The molecule has 1 heterocycles. The summed E-state index contributed by atoms with van der Waals surface area (Å²) in [5, 5.41) is 7.80. The molecule has 0 unspecified atom stereocenters. The summed E-state index contributed by atoms with van der Waals surface area (Å²) in [5.74, 6) is 1.13. The molecule has 1 N–H and O–H groups in total. The second-order valence-electron chi connectivity index (χ2n) is 7.64. The van der Waals surface area contributed by atoms with Crippen molar-refractivity contribution in [2.75, 3.05) is 5.32 Å². The van der Waals surface area contributed by atoms with Crippen LogP contribution in [0.5, 0.6) is 0 Å². The van der Waals surface area contributed by atoms with Gasteiger partial charge in [0.1, 0.15) is 0 Å². The van der Waals surface area contributed by atoms with E-state index in [9.17, 15) is 4.79 Å². The second kappa shape index (κ2) is 8.52. The molecule has 1 saturated carbocycles. The molecule has 0 atom stereocenters. The minimum absolute atomic E-state index is 0.145. The van der Waals surface area contributed by atoms with Crippen molar-refractivity contribution in [2.45, 2.75) is 65.7 Å². The molecule has 26 heavy (non-hydrogen) atoms. The minimum atomic E-state index is 0.145. The predicted octanol–water partition coefficient (Wildman–Crippen LogP) is 5.42. The fraction of sp³-hybridized carbons (Fsp3) is 0.545. The Bertz CT molecular complexity index is 727. The van der Waals surface area contributed by atoms with Crippen LogP contribution in [0.15, 0.2) is 30.3 Å². The molecule has 1 amide bonds. The summed E-state index contributed by atoms with van der Waals surface area (Å²) in [6, 6.07) is 10.1. The van der Waals surface area contributed by atoms with Crippen LogP contribution in [-0.2, 0) is 4.79 Å². The molecule has 1 aliphatic rings. The van der Waals surface area contributed by atoms with E-state index in [1.54, 1.807) is 0 Å². The van der Waals surface area contributed by atoms with Gasteiger partial charge in [-0.1, -0.05) is 44.4 Å². The number of carbonyl (C=O) groups is 1. The van der Waals surface area contributed by atoms with Crippen molar-refractivity contribution in [3.8, 4) is 5.69 Å². The number of anilines is 1. The van der Waals surface area contributed by atoms with Crippen LogP contribution in [0.4, 0.5) is 5.69 Å². The first kappa shape index (κ1) is 18.7. The summed E-state index contributed by atoms with van der Waals surface area (Å²) in [4.78, 5) is 12.8. The maximum Gasteiger partial charge on any atom is 0.227 e. The number of para-hydroxylation sites is 1. The monoisotopic (exact) mass is 353 g/mol. The van der Waals surface area contributed by atoms with E-state index in [1.165, 1.54) is 32.1 Å². The van der Waals surface area contributed by atoms with Gasteiger partial charge in [0, 0.05) is 5.92 Å². The van der Waals surface area contributed by atoms with Crippen LogP contribution in [0.25, 0.3) is 5.69 Å². The molecule has 1 aromatic carbocycles. The highest BCUT2D eigenvalue weighted by Crippen LogP contribution is 2.33. The summed E-state index contributed by atoms with van der Waals surface area (Å²) in [6.45, 7) is 6.23. The minimum Gasteiger partial charge on any atom is -0.323 e. The lowest BCUT2D eigenvalue weighted by atomic mass is 9.79. The molecule has 1 fully saturated rings. The molecule has 1 aromatic heterocycles. The van der Waals surface area contributed by atoms with Gasteiger partial charge in [-0.2, -0.15) is 5.10 Å². The second-order valence-corrected chi connectivity index (χ2v) is 7.64. The van der Waals surface area contributed by atoms with Crippen LogP contribution >= 0.6 is 0 Å². The standard InChI is InChI=1S/C22H31N3O/c1-4-5-9-18-12-14-19(15-13-18)22(26)23-21-16(2)24-25(17(21)3)20-10-7-6-8-11-20/h6-8,10-11,18-19H,4-5,9,12-15H2,1-3H3,(H,23,26). The summed E-state index contributed by atoms with van der Waals surface area (Å²) in [6.07, 6.45) is 8.34. The topological polar surface area (TPSA) is 46.9 Å². The number of nitrogens with zero attached hydrogens (tertiary/aromatic N) is 2. The van der Waals surface area contributed by atoms with E-state index in [0.29, 0.717) is 0 Å². The van der Waals surface area contributed by atoms with Crippen LogP contribution in [0.3, 0.4) is 0 Å². The molecule has 3 rings (SSSR count). The Kier molecular flexibility index (Phi) is 6.12. The molecule has 2 aromatic rings. The first-order valence-corrected chi connectivity index (χ1v) is 10.0. The highest BCUT2D eigenvalue weighted by Gasteiger charge is 2.27. The predicted molar refractivity (Wildman–Crippen MR) is 107 cm³/mol. The van der Waals surface area contributed by atoms with Crippen molar-refractivity contribution in [2.24, 2.45) is 11.8 Å². The highest BCUT2D eigenvalue weighted by atomic mass is 16.1. The lowest BCUT2D eigenvalue weighted by Gasteiger charge is -2.27. The lowest BCUT2D eigenvalue weighted by Crippen LogP contribution is -2.27. The zero-order chi connectivity index (χ0) is 18.5. The largest absolute Gasteiger partial charge is 0.323 e. The van der Waals surface area contributed by atoms with Gasteiger partial charge in [-0.15, -0.1) is 0 Å². The Hall–Kier alpha value is -2.10. The number of hydrogen-bond acceptors (Lipinski definition) is 2. The Balaban J connectivity index is 1.64. The maximum absolute atomic E-state index is 12.8. The van der Waals surface area contributed by atoms with Crippen molar-refractivity contribution in [3.05, 3.63) is 41.7 Å². The van der Waals surface area contributed by atoms with E-state index in [4.69, 9.17) is 0 Å². The van der Waals surface area contributed by atoms with Crippen molar-refractivity contribution in [3.63, 3.8) is 0 Å². The van der Waals surface area contributed by atoms with Crippen molar-refractivity contribution >= 4 is 11.6 Å². The van der Waals surface area contributed by atoms with E-state index in [1.807, 2.05) is 48.9 Å². The number of amides is 1. The third kappa shape index (κ3) is 4.17. The Labute approximate surface area is 157 Å². The average Bonchev–Trinajstić information content (AvgIpc) is 2.95. The summed E-state index contributed by atoms with van der Waals surface area (Å²) in [5.41, 5.74) is 3.74. The normalized spacial score (nSPS) is 20.1. The third-order valence-corrected chi connectivity index (χ3v) is 5.72. The Morgan fingerprint density at radius 1 is 1.15 bits per heavy atom. The van der Waals surface area contributed by atoms with Crippen LogP contribution in [0, 0.1) is 25.7 Å². The van der Waals surface area contributed by atoms with E-state index in [-0.39, 0.29) is 11.8 Å². The summed E-state index contributed by atoms with van der Waals surface area (Å²) < 4.78 is 1.91. The third-order valence-electron chi connectivity index (χ3n) is 5.72. The molecular weight excluding hydrogens is 322 g/mol. The van der Waals surface area contributed by atoms with E-state index in [2.05, 4.69) is 17.3 Å². The molecule has 0 radical (unpaired) electrons. The van der Waals surface area contributed by atoms with E-state index < -0.39 is 0 Å². The molecule has 4 heteroatoms. The molecule has 4 nitrogen and oxygen atoms in total. The average molecular weight is 354 g/mol. The smallest absolute Gasteiger partial charge is 0.227 e. The Morgan fingerprint density at radius 2 is 1.85 bits per heavy atom. The highest BCUT2D eigenvalue weighted by molar-refractivity contribution is 5.93. The zero-order valence-electron chi connectivity index (χ0n) is 16.3. The Morgan fingerprint density at radius 3 is 2.50 bits per heavy atom. The molecular formula is C22H31N3O. The number of rotatable bonds is 6. The number of aromatic nitrogens is 2. The maximum atomic E-state index is 12.8. The van der Waals surface area contributed by atoms with Crippen LogP contribution in [-0.4, -0.2) is 15.7 Å². The number of aryl methyl sites for hydroxylation is 1. The van der Waals surface area contributed by atoms with Crippen molar-refractivity contribution in [1.82, 2.24) is 9.78 Å². The van der Waals surface area contributed by atoms with Crippen LogP contribution < -0.4 is 5.32 Å². The van der Waals surface area contributed by atoms with Gasteiger partial charge >= 0.3 is 0 Å². The number of benzene rings is 1. The number of hydrogen-bond donors (Lipinski definition) is 1. The van der Waals surface area contributed by atoms with Gasteiger partial charge in [-0.05, 0) is 57.6 Å². The number of nitrogens with one attached hydrogen (secondary N) is 1. The fourth-order valence-corrected chi connectivity index (χ4v) is 4.08. The fourth-order valence-electron chi connectivity index (χ4n) is 4.08. The molecule has 1 aliphatic carbocycles. The van der Waals surface area contributed by atoms with Gasteiger partial charge < -0.3 is 5.32 Å². The first-order chi connectivity index (χ1) is 12.6. The first-order valence-electron chi connectivity index (χ1n) is 10.0. The molecule has 0 bridgehead atoms. The van der Waals surface area contributed by atoms with Crippen molar-refractivity contribution in [1.29, 1.82) is 0 Å². The molecule has 0 spiro atoms. The van der Waals surface area contributed by atoms with Gasteiger partial charge in [-0.25, -0.2) is 4.68 Å². The summed E-state index contributed by atoms with van der Waals surface area (Å²) >= 11 is 0. The number of carbonyl (C=O) groups excluding carboxylic acids is 1. The molecule has 140 valence electrons. The number of unbranched alkanes of at least 4 members (excludes halogenated alkanes) is 1. The van der Waals surface area contributed by atoms with Gasteiger partial charge in [0.05, 0.1) is 22.8 Å². The lowest BCUT2D eigenvalue weighted by molar-refractivity contribution is -0.121.